The van der Waals surface area contributed by atoms with E-state index >= 15 is 0 Å². The number of hydrazine groups is 1. The summed E-state index contributed by atoms with van der Waals surface area (Å²) >= 11 is 0. The molecule has 53 nitrogen and oxygen atoms in total. The molecule has 54 heteroatoms. The quantitative estimate of drug-likeness (QED) is 0.00671. The minimum Gasteiger partial charge on any atom is -0.370 e. The maximum atomic E-state index is 14.9. The number of hydrogen-bond donors (Lipinski definition) is 29. The molecule has 1 heterocycles. The lowest BCUT2D eigenvalue weighted by molar-refractivity contribution is -0.136. The number of likely N-dealkylation sites (N-methyl/N-ethyl adjacent to an activating group) is 2. The van der Waals surface area contributed by atoms with Crippen molar-refractivity contribution >= 4 is 121 Å². The van der Waals surface area contributed by atoms with E-state index in [0.717, 1.165) is 26.2 Å². The van der Waals surface area contributed by atoms with E-state index in [4.69, 9.17) is 91.7 Å². The van der Waals surface area contributed by atoms with Gasteiger partial charge in [0.1, 0.15) is 54.9 Å². The number of carbonyl (C=O) groups excluding carboxylic acids is 11. The van der Waals surface area contributed by atoms with Gasteiger partial charge in [-0.05, 0) is 116 Å². The van der Waals surface area contributed by atoms with Crippen molar-refractivity contribution in [3.8, 4) is 0 Å². The van der Waals surface area contributed by atoms with Gasteiger partial charge >= 0.3 is 7.60 Å². The number of aliphatic imine (C=N–C) groups is 8. The molecular weight excluding hydrogens is 1610 g/mol. The van der Waals surface area contributed by atoms with Crippen LogP contribution in [0.1, 0.15) is 117 Å². The first-order valence-corrected chi connectivity index (χ1v) is 41.6. The van der Waals surface area contributed by atoms with Crippen LogP contribution >= 0.6 is 7.60 Å². The number of amides is 10. The monoisotopic (exact) mass is 1740 g/mol. The van der Waals surface area contributed by atoms with Gasteiger partial charge in [0.15, 0.2) is 47.7 Å². The smallest absolute Gasteiger partial charge is 0.339 e. The molecule has 0 aromatic heterocycles. The zero-order valence-electron chi connectivity index (χ0n) is 69.4. The number of carbonyl (C=O) groups is 11. The van der Waals surface area contributed by atoms with Crippen LogP contribution in [0.5, 0.6) is 0 Å². The normalized spacial score (nSPS) is 14.9. The molecule has 0 aromatic carbocycles. The first-order valence-electron chi connectivity index (χ1n) is 39.8. The molecule has 0 aliphatic carbocycles. The standard InChI is InChI=1S/C67H136N39O14P/c1-3-103-29-30-104(4-2)32-35-106(41-121(118,119)120)36-34-105(33-31-103)39-52(110)92-37-51(109)102-93-38-50(108)95-43(14-6-22-85-61(70)71)54(112)97-45(16-8-24-87-63(74)75)56(114)99-47(18-10-26-89-65(78)79)58(116)101-49(20-12-28-91-67(82)83)59(117)100-48(19-11-27-90-66(80)81)57(115)98-46(17-9-25-88-64(76)77)55(113)96-44(15-7-23-86-62(72)73)53(111)94-42(40-107)13-5-21-84-60(68)69/h40,42-49,93H,3-39,41H2,1-2H3,(H,92,110)(H,94,111)(H,95,108)(H,96,113)(H,97,112)(H,98,115)(H,99,114)(H,100,117)(H,101,116)(H,102,109)(H4,68,69,84)(H4,70,71,85)(H4,72,73,86)(H4,74,75,87)(H4,76,77,88)(H4,78,79,89)(H4,80,81,90)(H4,82,83,91)(H2,118,119,120)/t42-,43-,44+,45+,46-,47+,48+,49+/m1/s1. The lowest BCUT2D eigenvalue weighted by Gasteiger charge is -2.33. The summed E-state index contributed by atoms with van der Waals surface area (Å²) in [5.74, 6) is -11.0. The molecule has 1 saturated heterocycles. The van der Waals surface area contributed by atoms with Crippen LogP contribution in [0.2, 0.25) is 0 Å². The molecule has 1 aliphatic heterocycles. The van der Waals surface area contributed by atoms with Crippen LogP contribution in [-0.4, -0.2) is 334 Å². The fourth-order valence-electron chi connectivity index (χ4n) is 11.7. The molecule has 8 atom stereocenters. The van der Waals surface area contributed by atoms with Crippen molar-refractivity contribution in [3.63, 3.8) is 0 Å². The highest BCUT2D eigenvalue weighted by atomic mass is 31.2. The molecule has 0 radical (unpaired) electrons. The zero-order chi connectivity index (χ0) is 90.8. The first-order chi connectivity index (χ1) is 57.2. The molecule has 0 aromatic rings. The summed E-state index contributed by atoms with van der Waals surface area (Å²) in [6.07, 6.45) is -0.704. The van der Waals surface area contributed by atoms with Crippen molar-refractivity contribution in [1.29, 1.82) is 0 Å². The maximum Gasteiger partial charge on any atom is 0.339 e. The Hall–Kier alpha value is -11.5. The molecule has 1 fully saturated rings. The van der Waals surface area contributed by atoms with Crippen molar-refractivity contribution < 1.29 is 67.1 Å². The average Bonchev–Trinajstić information content (AvgIpc) is 0.852. The number of hydrogen-bond acceptors (Lipinski definition) is 25. The van der Waals surface area contributed by atoms with Gasteiger partial charge in [-0.25, -0.2) is 5.43 Å². The van der Waals surface area contributed by atoms with Crippen molar-refractivity contribution in [2.24, 2.45) is 132 Å². The summed E-state index contributed by atoms with van der Waals surface area (Å²) in [6.45, 7) is 7.91. The lowest BCUT2D eigenvalue weighted by Crippen LogP contribution is -2.60. The molecule has 1 aliphatic rings. The topological polar surface area (TPSA) is 906 Å². The van der Waals surface area contributed by atoms with E-state index in [2.05, 4.69) is 108 Å². The molecule has 0 saturated carbocycles. The van der Waals surface area contributed by atoms with Crippen molar-refractivity contribution in [2.45, 2.75) is 165 Å². The van der Waals surface area contributed by atoms with Crippen LogP contribution in [0.3, 0.4) is 0 Å². The molecule has 1 rings (SSSR count). The van der Waals surface area contributed by atoms with E-state index in [1.807, 2.05) is 18.7 Å². The summed E-state index contributed by atoms with van der Waals surface area (Å²) < 4.78 is 12.1. The number of nitrogens with two attached hydrogens (primary N) is 16. The van der Waals surface area contributed by atoms with Crippen molar-refractivity contribution in [3.05, 3.63) is 0 Å². The predicted molar refractivity (Wildman–Crippen MR) is 459 cm³/mol. The summed E-state index contributed by atoms with van der Waals surface area (Å²) in [5, 5.41) is 23.6. The van der Waals surface area contributed by atoms with Crippen molar-refractivity contribution in [1.82, 2.24) is 78.3 Å². The van der Waals surface area contributed by atoms with E-state index in [-0.39, 0.29) is 222 Å². The van der Waals surface area contributed by atoms with Gasteiger partial charge in [-0.1, -0.05) is 13.8 Å². The highest BCUT2D eigenvalue weighted by molar-refractivity contribution is 7.51. The number of rotatable bonds is 59. The first kappa shape index (κ1) is 107. The molecule has 0 unspecified atom stereocenters. The Kier molecular flexibility index (Phi) is 54.8. The van der Waals surface area contributed by atoms with Crippen LogP contribution in [-0.2, 0) is 57.3 Å². The highest BCUT2D eigenvalue weighted by Gasteiger charge is 2.35. The fourth-order valence-corrected chi connectivity index (χ4v) is 12.5. The summed E-state index contributed by atoms with van der Waals surface area (Å²) in [4.78, 5) is 214. The molecule has 688 valence electrons. The third-order valence-electron chi connectivity index (χ3n) is 18.0. The van der Waals surface area contributed by atoms with E-state index in [1.165, 1.54) is 0 Å². The van der Waals surface area contributed by atoms with Gasteiger partial charge in [-0.15, -0.1) is 0 Å². The molecule has 121 heavy (non-hydrogen) atoms. The Labute approximate surface area is 703 Å². The summed E-state index contributed by atoms with van der Waals surface area (Å²) in [5.41, 5.74) is 94.1. The predicted octanol–water partition coefficient (Wildman–Crippen LogP) is -14.4. The third kappa shape index (κ3) is 54.3. The summed E-state index contributed by atoms with van der Waals surface area (Å²) in [7, 11) is -4.42. The molecule has 10 amide bonds. The van der Waals surface area contributed by atoms with Crippen LogP contribution in [0, 0.1) is 0 Å². The second-order valence-electron chi connectivity index (χ2n) is 28.1. The van der Waals surface area contributed by atoms with E-state index < -0.39 is 134 Å². The number of guanidine groups is 8. The lowest BCUT2D eigenvalue weighted by atomic mass is 10.0. The van der Waals surface area contributed by atoms with E-state index in [1.54, 1.807) is 4.90 Å². The fraction of sp³-hybridized carbons (Fsp3) is 0.716. The Morgan fingerprint density at radius 3 is 0.818 bits per heavy atom. The van der Waals surface area contributed by atoms with Crippen LogP contribution in [0.15, 0.2) is 39.9 Å². The van der Waals surface area contributed by atoms with Crippen LogP contribution < -0.4 is 150 Å². The Balaban J connectivity index is 3.81. The van der Waals surface area contributed by atoms with Gasteiger partial charge < -0.3 is 164 Å². The third-order valence-corrected chi connectivity index (χ3v) is 18.8. The number of aldehydes is 1. The minimum absolute atomic E-state index is 0.00248. The average molecular weight is 1740 g/mol. The van der Waals surface area contributed by atoms with Gasteiger partial charge in [0.2, 0.25) is 53.2 Å². The zero-order valence-corrected chi connectivity index (χ0v) is 70.3. The molecule has 0 bridgehead atoms. The van der Waals surface area contributed by atoms with Crippen molar-refractivity contribution in [2.75, 3.05) is 144 Å². The minimum atomic E-state index is -4.42. The van der Waals surface area contributed by atoms with Gasteiger partial charge in [-0.3, -0.25) is 108 Å². The van der Waals surface area contributed by atoms with Gasteiger partial charge in [-0.2, -0.15) is 0 Å². The number of nitrogens with zero attached hydrogens (tertiary/aromatic N) is 12. The second-order valence-corrected chi connectivity index (χ2v) is 29.7. The van der Waals surface area contributed by atoms with E-state index in [0.29, 0.717) is 32.5 Å². The summed E-state index contributed by atoms with van der Waals surface area (Å²) in [6, 6.07) is -11.7. The molecule has 0 spiro atoms. The largest absolute Gasteiger partial charge is 0.370 e. The van der Waals surface area contributed by atoms with Gasteiger partial charge in [0.25, 0.3) is 5.91 Å². The highest BCUT2D eigenvalue weighted by Crippen LogP contribution is 2.35. The van der Waals surface area contributed by atoms with Crippen LogP contribution in [0.4, 0.5) is 0 Å². The molecular formula is C67H136N39O14P. The second kappa shape index (κ2) is 61.7. The van der Waals surface area contributed by atoms with Gasteiger partial charge in [0, 0.05) is 105 Å². The SMILES string of the molecule is CCN1CCN(CC)CCN(CP(=O)(O)O)CCN(CC(=O)NCC(=O)NNCC(=O)N[C@H](CCCN=C(N)N)C(=O)N[C@@H](CCCN=C(N)N)C(=O)N[C@@H](CCCN=C(N)N)C(=O)N[C@@H](CCCN=C(N)N)C(=O)N[C@@H](CCCN=C(N)N)C(=O)N[C@H](CCCN=C(N)N)C(=O)N[C@@H](CCCN=C(N)N)C(=O)N[C@@H](C=O)CCCN=C(N)N)CC1. The Bertz CT molecular complexity index is 3500. The molecule has 45 N–H and O–H groups in total. The van der Waals surface area contributed by atoms with Crippen LogP contribution in [0.25, 0.3) is 0 Å². The van der Waals surface area contributed by atoms with E-state index in [9.17, 15) is 67.1 Å². The van der Waals surface area contributed by atoms with Gasteiger partial charge in [0.05, 0.1) is 25.7 Å². The number of nitrogens with one attached hydrogen (secondary N) is 11. The Morgan fingerprint density at radius 2 is 0.570 bits per heavy atom. The maximum absolute atomic E-state index is 14.9. The Morgan fingerprint density at radius 1 is 0.331 bits per heavy atom.